The molecule has 11 heteroatoms. The van der Waals surface area contributed by atoms with Crippen LogP contribution in [0.4, 0.5) is 8.78 Å². The van der Waals surface area contributed by atoms with E-state index in [0.29, 0.717) is 0 Å². The van der Waals surface area contributed by atoms with Gasteiger partial charge in [-0.05, 0) is 11.1 Å². The predicted molar refractivity (Wildman–Crippen MR) is 76.1 cm³/mol. The van der Waals surface area contributed by atoms with Crippen molar-refractivity contribution in [1.82, 2.24) is 9.55 Å². The van der Waals surface area contributed by atoms with Gasteiger partial charge in [-0.3, -0.25) is 4.57 Å². The van der Waals surface area contributed by atoms with E-state index in [4.69, 9.17) is 9.84 Å². The van der Waals surface area contributed by atoms with Crippen LogP contribution in [0.3, 0.4) is 0 Å². The number of aromatic nitrogens is 2. The average Bonchev–Trinajstić information content (AvgIpc) is 2.77. The molecule has 0 amide bonds. The average molecular weight is 399 g/mol. The molecule has 0 spiro atoms. The van der Waals surface area contributed by atoms with Gasteiger partial charge in [0.15, 0.2) is 6.23 Å². The Bertz CT molecular complexity index is 640. The van der Waals surface area contributed by atoms with E-state index in [9.17, 15) is 23.8 Å². The zero-order chi connectivity index (χ0) is 17.1. The summed E-state index contributed by atoms with van der Waals surface area (Å²) in [7, 11) is 0. The number of ether oxygens (including phenoxy) is 2. The fourth-order valence-corrected chi connectivity index (χ4v) is 2.41. The van der Waals surface area contributed by atoms with Crippen LogP contribution in [0, 0.1) is 0 Å². The number of hydrogen-bond donors (Lipinski definition) is 3. The van der Waals surface area contributed by atoms with Crippen LogP contribution < -0.4 is 10.4 Å². The minimum absolute atomic E-state index is 0.0134. The molecule has 1 fully saturated rings. The summed E-state index contributed by atoms with van der Waals surface area (Å²) in [5.41, 5.74) is -1.01. The van der Waals surface area contributed by atoms with Crippen LogP contribution in [-0.4, -0.2) is 56.4 Å². The SMILES string of the molecule is O=c1nc(OC(F)F)c(/C=C/Br)cn1C1O[C@H](CO)[C@@H](O)[C@@H]1O. The first-order valence-corrected chi connectivity index (χ1v) is 7.27. The lowest BCUT2D eigenvalue weighted by atomic mass is 10.1. The zero-order valence-corrected chi connectivity index (χ0v) is 13.0. The minimum Gasteiger partial charge on any atom is -0.416 e. The molecule has 1 aliphatic rings. The fraction of sp³-hybridized carbons (Fsp3) is 0.500. The Labute approximate surface area is 136 Å². The highest BCUT2D eigenvalue weighted by molar-refractivity contribution is 9.11. The molecule has 1 aromatic heterocycles. The molecule has 1 unspecified atom stereocenters. The molecule has 0 aliphatic carbocycles. The Balaban J connectivity index is 2.44. The molecule has 1 aromatic rings. The van der Waals surface area contributed by atoms with Gasteiger partial charge < -0.3 is 24.8 Å². The van der Waals surface area contributed by atoms with Crippen LogP contribution in [0.25, 0.3) is 6.08 Å². The number of alkyl halides is 2. The molecule has 2 rings (SSSR count). The lowest BCUT2D eigenvalue weighted by Crippen LogP contribution is -2.36. The summed E-state index contributed by atoms with van der Waals surface area (Å²) >= 11 is 2.96. The van der Waals surface area contributed by atoms with Gasteiger partial charge in [-0.25, -0.2) is 4.79 Å². The van der Waals surface area contributed by atoms with Crippen molar-refractivity contribution >= 4 is 22.0 Å². The maximum Gasteiger partial charge on any atom is 0.388 e. The summed E-state index contributed by atoms with van der Waals surface area (Å²) in [6, 6.07) is 0. The van der Waals surface area contributed by atoms with Gasteiger partial charge in [-0.2, -0.15) is 13.8 Å². The first-order valence-electron chi connectivity index (χ1n) is 6.36. The van der Waals surface area contributed by atoms with Crippen molar-refractivity contribution in [2.24, 2.45) is 0 Å². The number of hydrogen-bond acceptors (Lipinski definition) is 7. The monoisotopic (exact) mass is 398 g/mol. The number of nitrogens with zero attached hydrogens (tertiary/aromatic N) is 2. The van der Waals surface area contributed by atoms with Gasteiger partial charge in [0.25, 0.3) is 0 Å². The highest BCUT2D eigenvalue weighted by Gasteiger charge is 2.44. The van der Waals surface area contributed by atoms with E-state index < -0.39 is 49.3 Å². The zero-order valence-electron chi connectivity index (χ0n) is 11.4. The van der Waals surface area contributed by atoms with Crippen molar-refractivity contribution in [3.05, 3.63) is 27.2 Å². The third kappa shape index (κ3) is 3.75. The summed E-state index contributed by atoms with van der Waals surface area (Å²) < 4.78 is 34.9. The molecule has 1 aliphatic heterocycles. The lowest BCUT2D eigenvalue weighted by molar-refractivity contribution is -0.0594. The Hall–Kier alpha value is -1.40. The quantitative estimate of drug-likeness (QED) is 0.630. The van der Waals surface area contributed by atoms with E-state index >= 15 is 0 Å². The molecule has 0 saturated carbocycles. The van der Waals surface area contributed by atoms with E-state index in [1.807, 2.05) is 0 Å². The van der Waals surface area contributed by atoms with Crippen molar-refractivity contribution in [1.29, 1.82) is 0 Å². The van der Waals surface area contributed by atoms with Crippen LogP contribution in [-0.2, 0) is 4.74 Å². The smallest absolute Gasteiger partial charge is 0.388 e. The van der Waals surface area contributed by atoms with Crippen LogP contribution >= 0.6 is 15.9 Å². The summed E-state index contributed by atoms with van der Waals surface area (Å²) in [5, 5.41) is 28.7. The van der Waals surface area contributed by atoms with Crippen molar-refractivity contribution in [3.8, 4) is 5.88 Å². The van der Waals surface area contributed by atoms with E-state index in [-0.39, 0.29) is 5.56 Å². The van der Waals surface area contributed by atoms with E-state index in [1.165, 1.54) is 11.1 Å². The largest absolute Gasteiger partial charge is 0.416 e. The maximum absolute atomic E-state index is 12.4. The maximum atomic E-state index is 12.4. The van der Waals surface area contributed by atoms with E-state index in [2.05, 4.69) is 25.7 Å². The van der Waals surface area contributed by atoms with Crippen LogP contribution in [0.5, 0.6) is 5.88 Å². The van der Waals surface area contributed by atoms with E-state index in [1.54, 1.807) is 0 Å². The Morgan fingerprint density at radius 1 is 1.48 bits per heavy atom. The Morgan fingerprint density at radius 2 is 2.17 bits per heavy atom. The first-order chi connectivity index (χ1) is 10.9. The van der Waals surface area contributed by atoms with E-state index in [0.717, 1.165) is 10.8 Å². The third-order valence-electron chi connectivity index (χ3n) is 3.18. The second-order valence-electron chi connectivity index (χ2n) is 4.59. The molecule has 128 valence electrons. The summed E-state index contributed by atoms with van der Waals surface area (Å²) in [4.78, 5) is 16.7. The summed E-state index contributed by atoms with van der Waals surface area (Å²) in [6.07, 6.45) is -2.95. The topological polar surface area (TPSA) is 114 Å². The van der Waals surface area contributed by atoms with Crippen molar-refractivity contribution in [3.63, 3.8) is 0 Å². The normalized spacial score (nSPS) is 28.0. The van der Waals surface area contributed by atoms with Crippen LogP contribution in [0.2, 0.25) is 0 Å². The predicted octanol–water partition coefficient (Wildman–Crippen LogP) is -0.178. The Kier molecular flexibility index (Phi) is 5.81. The van der Waals surface area contributed by atoms with Gasteiger partial charge in [0, 0.05) is 6.20 Å². The molecule has 1 saturated heterocycles. The number of rotatable bonds is 5. The molecule has 2 heterocycles. The number of aliphatic hydroxyl groups excluding tert-OH is 3. The molecule has 8 nitrogen and oxygen atoms in total. The van der Waals surface area contributed by atoms with Gasteiger partial charge in [0.1, 0.15) is 18.3 Å². The molecule has 0 bridgehead atoms. The molecule has 23 heavy (non-hydrogen) atoms. The minimum atomic E-state index is -3.17. The summed E-state index contributed by atoms with van der Waals surface area (Å²) in [6.45, 7) is -3.74. The van der Waals surface area contributed by atoms with Gasteiger partial charge in [-0.1, -0.05) is 15.9 Å². The second-order valence-corrected chi connectivity index (χ2v) is 5.12. The lowest BCUT2D eigenvalue weighted by Gasteiger charge is -2.18. The standard InChI is InChI=1S/C12H13BrF2N2O6/c13-2-1-5-3-17(12(21)16-9(5)23-11(14)15)10-8(20)7(19)6(4-18)22-10/h1-3,6-8,10-11,18-20H,4H2/b2-1+/t6-,7-,8+,10?/m1/s1. The molecular weight excluding hydrogens is 386 g/mol. The van der Waals surface area contributed by atoms with Gasteiger partial charge in [-0.15, -0.1) is 0 Å². The third-order valence-corrected chi connectivity index (χ3v) is 3.44. The molecule has 4 atom stereocenters. The van der Waals surface area contributed by atoms with Gasteiger partial charge >= 0.3 is 12.3 Å². The molecule has 3 N–H and O–H groups in total. The molecule has 0 aromatic carbocycles. The van der Waals surface area contributed by atoms with Crippen molar-refractivity contribution < 1.29 is 33.6 Å². The number of aliphatic hydroxyl groups is 3. The van der Waals surface area contributed by atoms with Crippen LogP contribution in [0.15, 0.2) is 16.0 Å². The number of halogens is 3. The molecular formula is C12H13BrF2N2O6. The van der Waals surface area contributed by atoms with Crippen molar-refractivity contribution in [2.75, 3.05) is 6.61 Å². The van der Waals surface area contributed by atoms with Gasteiger partial charge in [0.05, 0.1) is 12.2 Å². The first kappa shape index (κ1) is 17.9. The Morgan fingerprint density at radius 3 is 2.70 bits per heavy atom. The highest BCUT2D eigenvalue weighted by atomic mass is 79.9. The van der Waals surface area contributed by atoms with Gasteiger partial charge in [0.2, 0.25) is 5.88 Å². The van der Waals surface area contributed by atoms with Crippen LogP contribution in [0.1, 0.15) is 11.8 Å². The fourth-order valence-electron chi connectivity index (χ4n) is 2.12. The van der Waals surface area contributed by atoms with Crippen molar-refractivity contribution in [2.45, 2.75) is 31.2 Å². The second kappa shape index (κ2) is 7.45. The molecule has 0 radical (unpaired) electrons. The highest BCUT2D eigenvalue weighted by Crippen LogP contribution is 2.29. The summed E-state index contributed by atoms with van der Waals surface area (Å²) in [5.74, 6) is -0.594.